The number of aromatic nitrogens is 2. The van der Waals surface area contributed by atoms with E-state index in [2.05, 4.69) is 4.98 Å². The Morgan fingerprint density at radius 1 is 1.62 bits per heavy atom. The van der Waals surface area contributed by atoms with E-state index in [9.17, 15) is 4.79 Å². The van der Waals surface area contributed by atoms with Crippen molar-refractivity contribution in [3.63, 3.8) is 0 Å². The zero-order valence-corrected chi connectivity index (χ0v) is 6.54. The van der Waals surface area contributed by atoms with Gasteiger partial charge < -0.3 is 14.4 Å². The summed E-state index contributed by atoms with van der Waals surface area (Å²) in [6, 6.07) is 0. The maximum absolute atomic E-state index is 10.7. The molecule has 0 radical (unpaired) electrons. The number of nitrogens with zero attached hydrogens (tertiary/aromatic N) is 2. The molecule has 0 unspecified atom stereocenters. The van der Waals surface area contributed by atoms with Crippen LogP contribution < -0.4 is 0 Å². The summed E-state index contributed by atoms with van der Waals surface area (Å²) in [5, 5.41) is 8.80. The van der Waals surface area contributed by atoms with E-state index in [4.69, 9.17) is 9.84 Å². The number of carboxylic acid groups (broad SMARTS) is 1. The first-order valence-electron chi connectivity index (χ1n) is 3.58. The van der Waals surface area contributed by atoms with Crippen molar-refractivity contribution in [2.45, 2.75) is 0 Å². The minimum atomic E-state index is -1.06. The van der Waals surface area contributed by atoms with Crippen molar-refractivity contribution in [2.75, 3.05) is 0 Å². The number of hydrogen-bond donors (Lipinski definition) is 1. The Morgan fingerprint density at radius 2 is 2.46 bits per heavy atom. The van der Waals surface area contributed by atoms with Gasteiger partial charge in [0.05, 0.1) is 0 Å². The molecule has 0 bridgehead atoms. The molecular formula is C8H6N2O3. The summed E-state index contributed by atoms with van der Waals surface area (Å²) in [4.78, 5) is 14.6. The molecule has 1 aromatic rings. The van der Waals surface area contributed by atoms with Crippen molar-refractivity contribution in [3.8, 4) is 0 Å². The normalized spacial score (nSPS) is 14.0. The lowest BCUT2D eigenvalue weighted by Crippen LogP contribution is -2.04. The average molecular weight is 178 g/mol. The molecule has 0 spiro atoms. The summed E-state index contributed by atoms with van der Waals surface area (Å²) in [5.74, 6) is -0.697. The first-order chi connectivity index (χ1) is 6.29. The van der Waals surface area contributed by atoms with Crippen molar-refractivity contribution in [1.29, 1.82) is 0 Å². The minimum Gasteiger partial charge on any atom is -0.477 e. The van der Waals surface area contributed by atoms with Crippen LogP contribution in [0.1, 0.15) is 5.82 Å². The van der Waals surface area contributed by atoms with Gasteiger partial charge in [-0.1, -0.05) is 0 Å². The first kappa shape index (κ1) is 7.60. The molecule has 1 aliphatic heterocycles. The van der Waals surface area contributed by atoms with Gasteiger partial charge >= 0.3 is 5.97 Å². The van der Waals surface area contributed by atoms with E-state index in [1.807, 2.05) is 0 Å². The van der Waals surface area contributed by atoms with Gasteiger partial charge in [-0.3, -0.25) is 0 Å². The molecule has 0 saturated carbocycles. The quantitative estimate of drug-likeness (QED) is 0.689. The second kappa shape index (κ2) is 2.78. The summed E-state index contributed by atoms with van der Waals surface area (Å²) in [7, 11) is 0. The van der Waals surface area contributed by atoms with E-state index < -0.39 is 5.97 Å². The summed E-state index contributed by atoms with van der Waals surface area (Å²) >= 11 is 0. The molecule has 13 heavy (non-hydrogen) atoms. The number of imidazole rings is 1. The predicted octanol–water partition coefficient (Wildman–Crippen LogP) is 0.767. The smallest absolute Gasteiger partial charge is 0.342 e. The second-order valence-electron chi connectivity index (χ2n) is 2.42. The van der Waals surface area contributed by atoms with Crippen molar-refractivity contribution < 1.29 is 14.6 Å². The van der Waals surface area contributed by atoms with E-state index in [-0.39, 0.29) is 5.57 Å². The molecule has 0 atom stereocenters. The molecule has 0 aliphatic carbocycles. The van der Waals surface area contributed by atoms with Crippen molar-refractivity contribution in [1.82, 2.24) is 9.55 Å². The van der Waals surface area contributed by atoms with Crippen LogP contribution in [0.4, 0.5) is 0 Å². The molecule has 1 aliphatic rings. The number of carbonyl (C=O) groups is 1. The summed E-state index contributed by atoms with van der Waals surface area (Å²) in [5.41, 5.74) is 0.0370. The fraction of sp³-hybridized carbons (Fsp3) is 0. The molecule has 1 aromatic heterocycles. The third-order valence-electron chi connectivity index (χ3n) is 1.63. The molecule has 0 aromatic carbocycles. The standard InChI is InChI=1S/C8H6N2O3/c11-8(12)6-5-13-4-3-10-2-1-9-7(6)10/h1-5H,(H,11,12). The van der Waals surface area contributed by atoms with Gasteiger partial charge in [0.2, 0.25) is 0 Å². The van der Waals surface area contributed by atoms with E-state index in [0.717, 1.165) is 6.26 Å². The van der Waals surface area contributed by atoms with Gasteiger partial charge in [-0.15, -0.1) is 0 Å². The van der Waals surface area contributed by atoms with Crippen molar-refractivity contribution in [3.05, 3.63) is 30.7 Å². The fourth-order valence-electron chi connectivity index (χ4n) is 1.05. The van der Waals surface area contributed by atoms with Gasteiger partial charge in [-0.2, -0.15) is 0 Å². The maximum atomic E-state index is 10.7. The van der Waals surface area contributed by atoms with Gasteiger partial charge in [0.25, 0.3) is 0 Å². The number of carboxylic acids is 1. The second-order valence-corrected chi connectivity index (χ2v) is 2.42. The summed E-state index contributed by atoms with van der Waals surface area (Å²) < 4.78 is 6.40. The summed E-state index contributed by atoms with van der Waals surface area (Å²) in [6.45, 7) is 0. The molecule has 0 saturated heterocycles. The van der Waals surface area contributed by atoms with Gasteiger partial charge in [-0.05, 0) is 0 Å². The molecule has 5 nitrogen and oxygen atoms in total. The van der Waals surface area contributed by atoms with Crippen LogP contribution in [0.25, 0.3) is 11.8 Å². The van der Waals surface area contributed by atoms with E-state index in [1.54, 1.807) is 17.0 Å². The number of aliphatic carboxylic acids is 1. The highest BCUT2D eigenvalue weighted by Gasteiger charge is 2.17. The Morgan fingerprint density at radius 3 is 3.23 bits per heavy atom. The van der Waals surface area contributed by atoms with E-state index in [1.165, 1.54) is 12.5 Å². The number of fused-ring (bicyclic) bond motifs is 1. The summed E-state index contributed by atoms with van der Waals surface area (Å²) in [6.07, 6.45) is 7.32. The fourth-order valence-corrected chi connectivity index (χ4v) is 1.05. The van der Waals surface area contributed by atoms with E-state index >= 15 is 0 Å². The molecular weight excluding hydrogens is 172 g/mol. The SMILES string of the molecule is O=C(O)C1=COC=Cn2ccnc21. The van der Waals surface area contributed by atoms with Crippen LogP contribution in [0.2, 0.25) is 0 Å². The van der Waals surface area contributed by atoms with Crippen LogP contribution in [0.5, 0.6) is 0 Å². The number of rotatable bonds is 1. The average Bonchev–Trinajstić information content (AvgIpc) is 2.44. The van der Waals surface area contributed by atoms with Crippen LogP contribution in [0.3, 0.4) is 0 Å². The topological polar surface area (TPSA) is 64.3 Å². The van der Waals surface area contributed by atoms with Crippen LogP contribution in [-0.4, -0.2) is 20.6 Å². The van der Waals surface area contributed by atoms with Crippen LogP contribution in [0, 0.1) is 0 Å². The van der Waals surface area contributed by atoms with E-state index in [0.29, 0.717) is 5.82 Å². The first-order valence-corrected chi connectivity index (χ1v) is 3.58. The molecule has 2 heterocycles. The highest BCUT2D eigenvalue weighted by atomic mass is 16.5. The lowest BCUT2D eigenvalue weighted by Gasteiger charge is -1.98. The number of hydrogen-bond acceptors (Lipinski definition) is 3. The molecule has 0 amide bonds. The Kier molecular flexibility index (Phi) is 1.63. The van der Waals surface area contributed by atoms with Gasteiger partial charge in [0, 0.05) is 18.6 Å². The highest BCUT2D eigenvalue weighted by Crippen LogP contribution is 2.15. The van der Waals surface area contributed by atoms with Crippen LogP contribution in [-0.2, 0) is 9.53 Å². The molecule has 1 N–H and O–H groups in total. The molecule has 0 fully saturated rings. The Labute approximate surface area is 73.6 Å². The lowest BCUT2D eigenvalue weighted by atomic mass is 10.3. The third-order valence-corrected chi connectivity index (χ3v) is 1.63. The van der Waals surface area contributed by atoms with Gasteiger partial charge in [0.1, 0.15) is 18.1 Å². The highest BCUT2D eigenvalue weighted by molar-refractivity contribution is 6.14. The Bertz CT molecular complexity index is 403. The third kappa shape index (κ3) is 1.20. The lowest BCUT2D eigenvalue weighted by molar-refractivity contribution is -0.130. The minimum absolute atomic E-state index is 0.0370. The molecule has 66 valence electrons. The van der Waals surface area contributed by atoms with Crippen molar-refractivity contribution in [2.24, 2.45) is 0 Å². The van der Waals surface area contributed by atoms with Gasteiger partial charge in [-0.25, -0.2) is 9.78 Å². The Hall–Kier alpha value is -2.04. The van der Waals surface area contributed by atoms with Crippen LogP contribution >= 0.6 is 0 Å². The zero-order chi connectivity index (χ0) is 9.26. The van der Waals surface area contributed by atoms with Crippen LogP contribution in [0.15, 0.2) is 24.9 Å². The zero-order valence-electron chi connectivity index (χ0n) is 6.54. The largest absolute Gasteiger partial charge is 0.477 e. The molecule has 5 heteroatoms. The maximum Gasteiger partial charge on any atom is 0.342 e. The van der Waals surface area contributed by atoms with Crippen molar-refractivity contribution >= 4 is 17.7 Å². The number of ether oxygens (including phenoxy) is 1. The molecule has 2 rings (SSSR count). The Balaban J connectivity index is 2.56. The predicted molar refractivity (Wildman–Crippen MR) is 44.3 cm³/mol. The van der Waals surface area contributed by atoms with Gasteiger partial charge in [0.15, 0.2) is 5.82 Å². The monoisotopic (exact) mass is 178 g/mol.